The highest BCUT2D eigenvalue weighted by Gasteiger charge is 2.14. The van der Waals surface area contributed by atoms with Crippen molar-refractivity contribution in [3.05, 3.63) is 63.8 Å². The van der Waals surface area contributed by atoms with Gasteiger partial charge in [-0.05, 0) is 48.5 Å². The molecule has 0 aliphatic carbocycles. The summed E-state index contributed by atoms with van der Waals surface area (Å²) < 4.78 is 11.6. The second-order valence-electron chi connectivity index (χ2n) is 5.20. The molecule has 0 fully saturated rings. The summed E-state index contributed by atoms with van der Waals surface area (Å²) in [6.07, 6.45) is 0. The van der Waals surface area contributed by atoms with E-state index in [0.717, 1.165) is 10.0 Å². The van der Waals surface area contributed by atoms with Crippen LogP contribution in [0.5, 0.6) is 5.75 Å². The molecule has 2 aromatic carbocycles. The predicted molar refractivity (Wildman–Crippen MR) is 102 cm³/mol. The summed E-state index contributed by atoms with van der Waals surface area (Å²) in [4.78, 5) is 12.3. The standard InChI is InChI=1S/C18H14BrClN2O3/c1-24-16-5-2-10(8-12(16)20)15-6-7-17(25-15)18(23)22-14-4-3-11(19)9-13(14)21/h2-9H,21H2,1H3,(H,22,23). The Morgan fingerprint density at radius 1 is 1.20 bits per heavy atom. The number of nitrogens with two attached hydrogens (primary N) is 1. The normalized spacial score (nSPS) is 10.5. The fraction of sp³-hybridized carbons (Fsp3) is 0.0556. The molecule has 0 unspecified atom stereocenters. The van der Waals surface area contributed by atoms with Crippen molar-refractivity contribution in [1.29, 1.82) is 0 Å². The number of nitrogen functional groups attached to an aromatic ring is 1. The molecule has 0 saturated heterocycles. The van der Waals surface area contributed by atoms with E-state index in [1.807, 2.05) is 0 Å². The van der Waals surface area contributed by atoms with Gasteiger partial charge in [-0.15, -0.1) is 0 Å². The molecule has 7 heteroatoms. The molecule has 0 spiro atoms. The molecule has 1 aromatic heterocycles. The zero-order valence-electron chi connectivity index (χ0n) is 13.2. The Morgan fingerprint density at radius 2 is 2.00 bits per heavy atom. The molecule has 0 aliphatic heterocycles. The zero-order valence-corrected chi connectivity index (χ0v) is 15.5. The number of hydrogen-bond donors (Lipinski definition) is 2. The Labute approximate surface area is 157 Å². The smallest absolute Gasteiger partial charge is 0.291 e. The lowest BCUT2D eigenvalue weighted by Gasteiger charge is -2.07. The quantitative estimate of drug-likeness (QED) is 0.567. The fourth-order valence-electron chi connectivity index (χ4n) is 2.27. The first-order chi connectivity index (χ1) is 12.0. The molecule has 1 heterocycles. The Morgan fingerprint density at radius 3 is 2.68 bits per heavy atom. The fourth-order valence-corrected chi connectivity index (χ4v) is 2.90. The van der Waals surface area contributed by atoms with Gasteiger partial charge in [-0.1, -0.05) is 27.5 Å². The predicted octanol–water partition coefficient (Wildman–Crippen LogP) is 5.21. The Hall–Kier alpha value is -2.44. The van der Waals surface area contributed by atoms with Crippen molar-refractivity contribution in [2.75, 3.05) is 18.2 Å². The second kappa shape index (κ2) is 7.21. The molecule has 0 bridgehead atoms. The van der Waals surface area contributed by atoms with Gasteiger partial charge in [-0.25, -0.2) is 0 Å². The lowest BCUT2D eigenvalue weighted by atomic mass is 10.2. The topological polar surface area (TPSA) is 77.5 Å². The van der Waals surface area contributed by atoms with Crippen LogP contribution in [-0.4, -0.2) is 13.0 Å². The van der Waals surface area contributed by atoms with Gasteiger partial charge >= 0.3 is 0 Å². The maximum atomic E-state index is 12.3. The van der Waals surface area contributed by atoms with Gasteiger partial charge in [0.25, 0.3) is 5.91 Å². The third-order valence-electron chi connectivity index (χ3n) is 3.53. The van der Waals surface area contributed by atoms with E-state index in [-0.39, 0.29) is 11.7 Å². The van der Waals surface area contributed by atoms with E-state index in [4.69, 9.17) is 26.5 Å². The van der Waals surface area contributed by atoms with E-state index in [2.05, 4.69) is 21.2 Å². The number of carbonyl (C=O) groups excluding carboxylic acids is 1. The third kappa shape index (κ3) is 3.81. The number of furan rings is 1. The number of halogens is 2. The highest BCUT2D eigenvalue weighted by molar-refractivity contribution is 9.10. The van der Waals surface area contributed by atoms with Crippen LogP contribution >= 0.6 is 27.5 Å². The molecule has 1 amide bonds. The molecular formula is C18H14BrClN2O3. The summed E-state index contributed by atoms with van der Waals surface area (Å²) in [5.74, 6) is 0.878. The van der Waals surface area contributed by atoms with Crippen LogP contribution in [0.3, 0.4) is 0 Å². The van der Waals surface area contributed by atoms with E-state index in [9.17, 15) is 4.79 Å². The lowest BCUT2D eigenvalue weighted by Crippen LogP contribution is -2.12. The third-order valence-corrected chi connectivity index (χ3v) is 4.32. The van der Waals surface area contributed by atoms with E-state index in [0.29, 0.717) is 27.9 Å². The zero-order chi connectivity index (χ0) is 18.0. The minimum absolute atomic E-state index is 0.171. The second-order valence-corrected chi connectivity index (χ2v) is 6.52. The molecule has 0 aliphatic rings. The molecule has 25 heavy (non-hydrogen) atoms. The van der Waals surface area contributed by atoms with Crippen LogP contribution in [-0.2, 0) is 0 Å². The first kappa shape index (κ1) is 17.4. The van der Waals surface area contributed by atoms with Crippen molar-refractivity contribution in [3.63, 3.8) is 0 Å². The van der Waals surface area contributed by atoms with Crippen molar-refractivity contribution in [2.24, 2.45) is 0 Å². The summed E-state index contributed by atoms with van der Waals surface area (Å²) in [5.41, 5.74) is 7.60. The van der Waals surface area contributed by atoms with Crippen molar-refractivity contribution < 1.29 is 13.9 Å². The van der Waals surface area contributed by atoms with Gasteiger partial charge in [0, 0.05) is 10.0 Å². The van der Waals surface area contributed by atoms with Crippen LogP contribution in [0.1, 0.15) is 10.6 Å². The number of hydrogen-bond acceptors (Lipinski definition) is 4. The van der Waals surface area contributed by atoms with E-state index in [1.165, 1.54) is 0 Å². The highest BCUT2D eigenvalue weighted by atomic mass is 79.9. The number of methoxy groups -OCH3 is 1. The SMILES string of the molecule is COc1ccc(-c2ccc(C(=O)Nc3ccc(Br)cc3N)o2)cc1Cl. The van der Waals surface area contributed by atoms with Crippen LogP contribution in [0, 0.1) is 0 Å². The van der Waals surface area contributed by atoms with Gasteiger partial charge in [-0.2, -0.15) is 0 Å². The van der Waals surface area contributed by atoms with Gasteiger partial charge in [0.2, 0.25) is 0 Å². The number of carbonyl (C=O) groups is 1. The molecule has 3 aromatic rings. The van der Waals surface area contributed by atoms with Crippen molar-refractivity contribution in [2.45, 2.75) is 0 Å². The summed E-state index contributed by atoms with van der Waals surface area (Å²) in [6.45, 7) is 0. The monoisotopic (exact) mass is 420 g/mol. The Bertz CT molecular complexity index is 940. The summed E-state index contributed by atoms with van der Waals surface area (Å²) >= 11 is 9.44. The maximum Gasteiger partial charge on any atom is 0.291 e. The molecule has 128 valence electrons. The Kier molecular flexibility index (Phi) is 5.01. The summed E-state index contributed by atoms with van der Waals surface area (Å²) in [5, 5.41) is 3.19. The summed E-state index contributed by atoms with van der Waals surface area (Å²) in [7, 11) is 1.55. The highest BCUT2D eigenvalue weighted by Crippen LogP contribution is 2.31. The van der Waals surface area contributed by atoms with Crippen molar-refractivity contribution in [3.8, 4) is 17.1 Å². The summed E-state index contributed by atoms with van der Waals surface area (Å²) in [6, 6.07) is 13.8. The number of benzene rings is 2. The van der Waals surface area contributed by atoms with E-state index >= 15 is 0 Å². The molecule has 5 nitrogen and oxygen atoms in total. The van der Waals surface area contributed by atoms with Crippen LogP contribution in [0.2, 0.25) is 5.02 Å². The van der Waals surface area contributed by atoms with Gasteiger partial charge in [0.1, 0.15) is 11.5 Å². The molecule has 3 rings (SSSR count). The van der Waals surface area contributed by atoms with Gasteiger partial charge < -0.3 is 20.2 Å². The number of rotatable bonds is 4. The van der Waals surface area contributed by atoms with Crippen LogP contribution in [0.15, 0.2) is 57.4 Å². The number of ether oxygens (including phenoxy) is 1. The minimum atomic E-state index is -0.389. The van der Waals surface area contributed by atoms with Gasteiger partial charge in [0.05, 0.1) is 23.5 Å². The average Bonchev–Trinajstić information content (AvgIpc) is 3.07. The molecule has 0 radical (unpaired) electrons. The van der Waals surface area contributed by atoms with Crippen LogP contribution in [0.4, 0.5) is 11.4 Å². The first-order valence-electron chi connectivity index (χ1n) is 7.28. The van der Waals surface area contributed by atoms with Gasteiger partial charge in [-0.3, -0.25) is 4.79 Å². The Balaban J connectivity index is 1.81. The van der Waals surface area contributed by atoms with Crippen molar-refractivity contribution >= 4 is 44.8 Å². The maximum absolute atomic E-state index is 12.3. The number of amides is 1. The van der Waals surface area contributed by atoms with E-state index in [1.54, 1.807) is 55.6 Å². The molecule has 0 atom stereocenters. The van der Waals surface area contributed by atoms with Crippen LogP contribution in [0.25, 0.3) is 11.3 Å². The molecular weight excluding hydrogens is 408 g/mol. The van der Waals surface area contributed by atoms with Crippen molar-refractivity contribution in [1.82, 2.24) is 0 Å². The minimum Gasteiger partial charge on any atom is -0.495 e. The van der Waals surface area contributed by atoms with E-state index < -0.39 is 0 Å². The number of anilines is 2. The lowest BCUT2D eigenvalue weighted by molar-refractivity contribution is 0.0997. The van der Waals surface area contributed by atoms with Crippen LogP contribution < -0.4 is 15.8 Å². The molecule has 3 N–H and O–H groups in total. The molecule has 0 saturated carbocycles. The average molecular weight is 422 g/mol. The first-order valence-corrected chi connectivity index (χ1v) is 8.45. The largest absolute Gasteiger partial charge is 0.495 e. The number of nitrogens with one attached hydrogen (secondary N) is 1. The van der Waals surface area contributed by atoms with Gasteiger partial charge in [0.15, 0.2) is 5.76 Å².